The van der Waals surface area contributed by atoms with Crippen LogP contribution in [0.1, 0.15) is 39.5 Å². The molecule has 0 saturated carbocycles. The molecule has 0 amide bonds. The van der Waals surface area contributed by atoms with Gasteiger partial charge in [0.05, 0.1) is 0 Å². The fourth-order valence-corrected chi connectivity index (χ4v) is 1.85. The van der Waals surface area contributed by atoms with Crippen LogP contribution in [0.3, 0.4) is 0 Å². The molecule has 1 heteroatoms. The van der Waals surface area contributed by atoms with E-state index in [1.54, 1.807) is 0 Å². The molecule has 1 aliphatic heterocycles. The van der Waals surface area contributed by atoms with Gasteiger partial charge in [-0.2, -0.15) is 0 Å². The highest BCUT2D eigenvalue weighted by molar-refractivity contribution is 4.78. The number of hydrogen-bond acceptors (Lipinski definition) is 1. The molecule has 1 saturated heterocycles. The summed E-state index contributed by atoms with van der Waals surface area (Å²) in [6.07, 6.45) is 5.51. The van der Waals surface area contributed by atoms with Crippen LogP contribution in [0.2, 0.25) is 0 Å². The first-order valence-electron chi connectivity index (χ1n) is 4.58. The third-order valence-electron chi connectivity index (χ3n) is 2.53. The Kier molecular flexibility index (Phi) is 3.20. The van der Waals surface area contributed by atoms with Gasteiger partial charge in [-0.15, -0.1) is 0 Å². The van der Waals surface area contributed by atoms with Crippen LogP contribution in [-0.2, 0) is 0 Å². The molecule has 1 N–H and O–H groups in total. The van der Waals surface area contributed by atoms with Crippen LogP contribution < -0.4 is 5.32 Å². The molecule has 2 atom stereocenters. The third kappa shape index (κ3) is 1.98. The zero-order chi connectivity index (χ0) is 7.40. The van der Waals surface area contributed by atoms with E-state index in [9.17, 15) is 0 Å². The first-order valence-corrected chi connectivity index (χ1v) is 4.58. The zero-order valence-electron chi connectivity index (χ0n) is 7.19. The van der Waals surface area contributed by atoms with E-state index in [0.29, 0.717) is 0 Å². The van der Waals surface area contributed by atoms with Crippen LogP contribution in [0.15, 0.2) is 0 Å². The minimum absolute atomic E-state index is 0.833. The predicted molar refractivity (Wildman–Crippen MR) is 45.1 cm³/mol. The summed E-state index contributed by atoms with van der Waals surface area (Å²) in [4.78, 5) is 0. The van der Waals surface area contributed by atoms with E-state index < -0.39 is 0 Å². The lowest BCUT2D eigenvalue weighted by molar-refractivity contribution is 0.392. The average Bonchev–Trinajstić information content (AvgIpc) is 2.38. The van der Waals surface area contributed by atoms with Gasteiger partial charge in [-0.1, -0.05) is 20.3 Å². The second-order valence-corrected chi connectivity index (χ2v) is 3.47. The van der Waals surface area contributed by atoms with Crippen molar-refractivity contribution in [2.75, 3.05) is 6.54 Å². The lowest BCUT2D eigenvalue weighted by atomic mass is 9.96. The van der Waals surface area contributed by atoms with Crippen molar-refractivity contribution in [1.29, 1.82) is 0 Å². The van der Waals surface area contributed by atoms with Gasteiger partial charge in [0.25, 0.3) is 0 Å². The molecule has 1 nitrogen and oxygen atoms in total. The van der Waals surface area contributed by atoms with Crippen molar-refractivity contribution in [1.82, 2.24) is 5.32 Å². The van der Waals surface area contributed by atoms with Crippen LogP contribution in [0, 0.1) is 5.92 Å². The smallest absolute Gasteiger partial charge is 0.00931 e. The van der Waals surface area contributed by atoms with Crippen molar-refractivity contribution < 1.29 is 0 Å². The first-order chi connectivity index (χ1) is 4.84. The Labute approximate surface area is 64.2 Å². The van der Waals surface area contributed by atoms with Crippen molar-refractivity contribution in [2.24, 2.45) is 5.92 Å². The van der Waals surface area contributed by atoms with Crippen LogP contribution in [-0.4, -0.2) is 12.6 Å². The van der Waals surface area contributed by atoms with Gasteiger partial charge in [0, 0.05) is 6.04 Å². The van der Waals surface area contributed by atoms with Crippen molar-refractivity contribution in [3.63, 3.8) is 0 Å². The molecule has 0 bridgehead atoms. The van der Waals surface area contributed by atoms with Crippen molar-refractivity contribution in [2.45, 2.75) is 45.6 Å². The summed E-state index contributed by atoms with van der Waals surface area (Å²) >= 11 is 0. The fraction of sp³-hybridized carbons (Fsp3) is 1.00. The Balaban J connectivity index is 2.18. The predicted octanol–water partition coefficient (Wildman–Crippen LogP) is 2.17. The average molecular weight is 141 g/mol. The quantitative estimate of drug-likeness (QED) is 0.635. The molecule has 1 aliphatic rings. The van der Waals surface area contributed by atoms with E-state index >= 15 is 0 Å². The summed E-state index contributed by atoms with van der Waals surface area (Å²) in [5.74, 6) is 0.896. The third-order valence-corrected chi connectivity index (χ3v) is 2.53. The molecule has 1 heterocycles. The Hall–Kier alpha value is -0.0400. The highest BCUT2D eigenvalue weighted by atomic mass is 14.9. The summed E-state index contributed by atoms with van der Waals surface area (Å²) in [7, 11) is 0. The topological polar surface area (TPSA) is 12.0 Å². The Bertz CT molecular complexity index is 84.7. The lowest BCUT2D eigenvalue weighted by Crippen LogP contribution is -2.28. The van der Waals surface area contributed by atoms with Crippen LogP contribution in [0.5, 0.6) is 0 Å². The largest absolute Gasteiger partial charge is 0.314 e. The number of hydrogen-bond donors (Lipinski definition) is 1. The summed E-state index contributed by atoms with van der Waals surface area (Å²) in [6.45, 7) is 5.89. The van der Waals surface area contributed by atoms with Crippen LogP contribution in [0.4, 0.5) is 0 Å². The summed E-state index contributed by atoms with van der Waals surface area (Å²) < 4.78 is 0. The monoisotopic (exact) mass is 141 g/mol. The zero-order valence-corrected chi connectivity index (χ0v) is 7.19. The van der Waals surface area contributed by atoms with Gasteiger partial charge in [0.2, 0.25) is 0 Å². The highest BCUT2D eigenvalue weighted by Gasteiger charge is 2.19. The van der Waals surface area contributed by atoms with Gasteiger partial charge in [-0.25, -0.2) is 0 Å². The van der Waals surface area contributed by atoms with Crippen molar-refractivity contribution in [3.8, 4) is 0 Å². The van der Waals surface area contributed by atoms with Crippen LogP contribution >= 0.6 is 0 Å². The summed E-state index contributed by atoms with van der Waals surface area (Å²) in [6, 6.07) is 0.833. The van der Waals surface area contributed by atoms with E-state index in [4.69, 9.17) is 0 Å². The first kappa shape index (κ1) is 8.06. The van der Waals surface area contributed by atoms with E-state index in [1.165, 1.54) is 32.2 Å². The molecule has 0 aliphatic carbocycles. The number of nitrogens with one attached hydrogen (secondary N) is 1. The van der Waals surface area contributed by atoms with Gasteiger partial charge in [0.15, 0.2) is 0 Å². The van der Waals surface area contributed by atoms with Crippen LogP contribution in [0.25, 0.3) is 0 Å². The molecule has 10 heavy (non-hydrogen) atoms. The molecule has 0 radical (unpaired) electrons. The Morgan fingerprint density at radius 3 is 2.90 bits per heavy atom. The van der Waals surface area contributed by atoms with Crippen molar-refractivity contribution in [3.05, 3.63) is 0 Å². The molecular formula is C9H19N. The maximum absolute atomic E-state index is 3.54. The molecule has 0 spiro atoms. The molecule has 0 unspecified atom stereocenters. The Morgan fingerprint density at radius 2 is 2.40 bits per heavy atom. The van der Waals surface area contributed by atoms with Gasteiger partial charge >= 0.3 is 0 Å². The molecule has 0 aromatic rings. The summed E-state index contributed by atoms with van der Waals surface area (Å²) in [5, 5.41) is 3.54. The van der Waals surface area contributed by atoms with E-state index in [0.717, 1.165) is 12.0 Å². The minimum atomic E-state index is 0.833. The van der Waals surface area contributed by atoms with Crippen molar-refractivity contribution >= 4 is 0 Å². The van der Waals surface area contributed by atoms with E-state index in [1.807, 2.05) is 0 Å². The van der Waals surface area contributed by atoms with E-state index in [2.05, 4.69) is 19.2 Å². The lowest BCUT2D eigenvalue weighted by Gasteiger charge is -2.17. The van der Waals surface area contributed by atoms with Gasteiger partial charge in [0.1, 0.15) is 0 Å². The molecule has 1 fully saturated rings. The molecule has 0 aromatic carbocycles. The highest BCUT2D eigenvalue weighted by Crippen LogP contribution is 2.18. The molecule has 1 rings (SSSR count). The molecule has 60 valence electrons. The van der Waals surface area contributed by atoms with E-state index in [-0.39, 0.29) is 0 Å². The fourth-order valence-electron chi connectivity index (χ4n) is 1.85. The maximum atomic E-state index is 3.54. The molecule has 0 aromatic heterocycles. The normalized spacial score (nSPS) is 28.8. The summed E-state index contributed by atoms with van der Waals surface area (Å²) in [5.41, 5.74) is 0. The second-order valence-electron chi connectivity index (χ2n) is 3.47. The number of rotatable bonds is 3. The van der Waals surface area contributed by atoms with Gasteiger partial charge in [-0.05, 0) is 31.7 Å². The van der Waals surface area contributed by atoms with Gasteiger partial charge < -0.3 is 5.32 Å². The minimum Gasteiger partial charge on any atom is -0.314 e. The standard InChI is InChI=1S/C9H19N/c1-3-5-8(2)9-6-4-7-10-9/h8-10H,3-7H2,1-2H3/t8-,9+/m0/s1. The Morgan fingerprint density at radius 1 is 1.60 bits per heavy atom. The molecular weight excluding hydrogens is 122 g/mol. The van der Waals surface area contributed by atoms with Gasteiger partial charge in [-0.3, -0.25) is 0 Å². The maximum Gasteiger partial charge on any atom is 0.00931 e. The SMILES string of the molecule is CCC[C@H](C)[C@H]1CCCN1. The second kappa shape index (κ2) is 3.97.